The topological polar surface area (TPSA) is 102 Å². The second-order valence-electron chi connectivity index (χ2n) is 6.03. The molecule has 0 unspecified atom stereocenters. The van der Waals surface area contributed by atoms with Gasteiger partial charge in [0, 0.05) is 22.9 Å². The van der Waals surface area contributed by atoms with Gasteiger partial charge in [-0.3, -0.25) is 15.1 Å². The Labute approximate surface area is 174 Å². The predicted molar refractivity (Wildman–Crippen MR) is 111 cm³/mol. The van der Waals surface area contributed by atoms with Gasteiger partial charge >= 0.3 is 5.69 Å². The number of nitro groups is 1. The lowest BCUT2D eigenvalue weighted by Crippen LogP contribution is -1.92. The molecule has 29 heavy (non-hydrogen) atoms. The van der Waals surface area contributed by atoms with E-state index in [2.05, 4.69) is 9.98 Å². The summed E-state index contributed by atoms with van der Waals surface area (Å²) in [6.07, 6.45) is 1.29. The summed E-state index contributed by atoms with van der Waals surface area (Å²) in [5.41, 5.74) is 1.96. The van der Waals surface area contributed by atoms with Crippen LogP contribution < -0.4 is 0 Å². The molecular formula is C20H11Cl2N3O4. The van der Waals surface area contributed by atoms with Gasteiger partial charge in [-0.2, -0.15) is 0 Å². The maximum absolute atomic E-state index is 11.0. The van der Waals surface area contributed by atoms with E-state index in [1.165, 1.54) is 12.3 Å². The lowest BCUT2D eigenvalue weighted by molar-refractivity contribution is -0.385. The summed E-state index contributed by atoms with van der Waals surface area (Å²) in [5, 5.41) is 21.6. The number of fused-ring (bicyclic) bond motifs is 1. The molecule has 0 atom stereocenters. The molecule has 7 nitrogen and oxygen atoms in total. The monoisotopic (exact) mass is 427 g/mol. The van der Waals surface area contributed by atoms with Crippen LogP contribution in [0, 0.1) is 10.1 Å². The molecule has 0 amide bonds. The number of aromatic hydroxyl groups is 1. The van der Waals surface area contributed by atoms with E-state index in [1.54, 1.807) is 24.3 Å². The van der Waals surface area contributed by atoms with E-state index < -0.39 is 16.4 Å². The first-order valence-electron chi connectivity index (χ1n) is 8.29. The molecule has 1 N–H and O–H groups in total. The molecule has 1 aromatic heterocycles. The van der Waals surface area contributed by atoms with Crippen LogP contribution in [-0.2, 0) is 0 Å². The van der Waals surface area contributed by atoms with Crippen molar-refractivity contribution in [3.05, 3.63) is 80.3 Å². The van der Waals surface area contributed by atoms with Crippen molar-refractivity contribution in [2.75, 3.05) is 0 Å². The summed E-state index contributed by atoms with van der Waals surface area (Å²) in [6, 6.07) is 14.7. The Balaban J connectivity index is 1.72. The fraction of sp³-hybridized carbons (Fsp3) is 0. The highest BCUT2D eigenvalue weighted by Crippen LogP contribution is 2.35. The number of aromatic nitrogens is 1. The first kappa shape index (κ1) is 18.9. The van der Waals surface area contributed by atoms with Gasteiger partial charge in [0.05, 0.1) is 21.2 Å². The smallest absolute Gasteiger partial charge is 0.312 e. The number of phenols is 1. The Bertz CT molecular complexity index is 1250. The van der Waals surface area contributed by atoms with Gasteiger partial charge in [-0.15, -0.1) is 0 Å². The van der Waals surface area contributed by atoms with Gasteiger partial charge in [0.2, 0.25) is 11.6 Å². The van der Waals surface area contributed by atoms with Crippen molar-refractivity contribution in [3.63, 3.8) is 0 Å². The molecule has 0 radical (unpaired) electrons. The highest BCUT2D eigenvalue weighted by Gasteiger charge is 2.18. The van der Waals surface area contributed by atoms with E-state index in [-0.39, 0.29) is 10.6 Å². The Morgan fingerprint density at radius 2 is 1.93 bits per heavy atom. The number of nitrogens with zero attached hydrogens (tertiary/aromatic N) is 3. The van der Waals surface area contributed by atoms with E-state index in [9.17, 15) is 15.2 Å². The fourth-order valence-corrected chi connectivity index (χ4v) is 3.15. The minimum atomic E-state index is -0.716. The van der Waals surface area contributed by atoms with Crippen molar-refractivity contribution < 1.29 is 14.4 Å². The standard InChI is InChI=1S/C20H11Cl2N3O4/c21-12-7-11(19(26)17(8-12)25(27)28)10-23-13-5-6-15(22)14(9-13)20-24-16-3-1-2-4-18(16)29-20/h1-10,26H. The molecule has 4 aromatic rings. The van der Waals surface area contributed by atoms with Gasteiger partial charge in [0.25, 0.3) is 0 Å². The van der Waals surface area contributed by atoms with Crippen molar-refractivity contribution in [1.82, 2.24) is 4.98 Å². The molecule has 0 saturated carbocycles. The molecule has 4 rings (SSSR count). The number of benzene rings is 3. The summed E-state index contributed by atoms with van der Waals surface area (Å²) < 4.78 is 5.75. The molecule has 0 saturated heterocycles. The number of hydrogen-bond donors (Lipinski definition) is 1. The normalized spacial score (nSPS) is 11.4. The fourth-order valence-electron chi connectivity index (χ4n) is 2.73. The largest absolute Gasteiger partial charge is 0.502 e. The van der Waals surface area contributed by atoms with E-state index in [0.717, 1.165) is 6.07 Å². The summed E-state index contributed by atoms with van der Waals surface area (Å²) in [7, 11) is 0. The number of aliphatic imine (C=N–C) groups is 1. The van der Waals surface area contributed by atoms with Crippen LogP contribution in [0.4, 0.5) is 11.4 Å². The van der Waals surface area contributed by atoms with Crippen molar-refractivity contribution in [3.8, 4) is 17.2 Å². The second kappa shape index (κ2) is 7.54. The van der Waals surface area contributed by atoms with E-state index >= 15 is 0 Å². The molecule has 9 heteroatoms. The lowest BCUT2D eigenvalue weighted by atomic mass is 10.1. The molecule has 1 heterocycles. The van der Waals surface area contributed by atoms with Crippen LogP contribution in [0.5, 0.6) is 5.75 Å². The minimum absolute atomic E-state index is 0.110. The van der Waals surface area contributed by atoms with Crippen LogP contribution >= 0.6 is 23.2 Å². The van der Waals surface area contributed by atoms with Crippen LogP contribution in [0.15, 0.2) is 64.0 Å². The SMILES string of the molecule is O=[N+]([O-])c1cc(Cl)cc(C=Nc2ccc(Cl)c(-c3nc4ccccc4o3)c2)c1O. The Hall–Kier alpha value is -3.42. The number of oxazole rings is 1. The quantitative estimate of drug-likeness (QED) is 0.238. The summed E-state index contributed by atoms with van der Waals surface area (Å²) in [4.78, 5) is 19.0. The molecule has 144 valence electrons. The zero-order chi connectivity index (χ0) is 20.5. The molecular weight excluding hydrogens is 417 g/mol. The molecule has 0 aliphatic heterocycles. The van der Waals surface area contributed by atoms with Gasteiger partial charge < -0.3 is 9.52 Å². The Morgan fingerprint density at radius 1 is 1.14 bits per heavy atom. The van der Waals surface area contributed by atoms with E-state index in [0.29, 0.717) is 33.3 Å². The molecule has 0 aliphatic rings. The summed E-state index contributed by atoms with van der Waals surface area (Å²) in [5.74, 6) is -0.175. The van der Waals surface area contributed by atoms with Crippen LogP contribution in [0.1, 0.15) is 5.56 Å². The Kier molecular flexibility index (Phi) is 4.92. The van der Waals surface area contributed by atoms with Crippen molar-refractivity contribution in [2.24, 2.45) is 4.99 Å². The third-order valence-corrected chi connectivity index (χ3v) is 4.66. The zero-order valence-electron chi connectivity index (χ0n) is 14.5. The van der Waals surface area contributed by atoms with Crippen molar-refractivity contribution >= 4 is 51.9 Å². The van der Waals surface area contributed by atoms with Crippen LogP contribution in [-0.4, -0.2) is 21.2 Å². The summed E-state index contributed by atoms with van der Waals surface area (Å²) in [6.45, 7) is 0. The highest BCUT2D eigenvalue weighted by molar-refractivity contribution is 6.33. The average Bonchev–Trinajstić information content (AvgIpc) is 3.13. The number of para-hydroxylation sites is 2. The third-order valence-electron chi connectivity index (χ3n) is 4.11. The van der Waals surface area contributed by atoms with E-state index in [1.807, 2.05) is 18.2 Å². The maximum Gasteiger partial charge on any atom is 0.312 e. The number of nitro benzene ring substituents is 1. The molecule has 0 bridgehead atoms. The van der Waals surface area contributed by atoms with Crippen LogP contribution in [0.25, 0.3) is 22.6 Å². The maximum atomic E-state index is 11.0. The number of halogens is 2. The Morgan fingerprint density at radius 3 is 2.69 bits per heavy atom. The van der Waals surface area contributed by atoms with Gasteiger partial charge in [-0.1, -0.05) is 35.3 Å². The highest BCUT2D eigenvalue weighted by atomic mass is 35.5. The number of phenolic OH excluding ortho intramolecular Hbond substituents is 1. The molecule has 0 spiro atoms. The van der Waals surface area contributed by atoms with Crippen molar-refractivity contribution in [1.29, 1.82) is 0 Å². The van der Waals surface area contributed by atoms with Crippen LogP contribution in [0.2, 0.25) is 10.0 Å². The molecule has 3 aromatic carbocycles. The number of hydrogen-bond acceptors (Lipinski definition) is 6. The summed E-state index contributed by atoms with van der Waals surface area (Å²) >= 11 is 12.2. The third kappa shape index (κ3) is 3.78. The van der Waals surface area contributed by atoms with Crippen LogP contribution in [0.3, 0.4) is 0 Å². The van der Waals surface area contributed by atoms with Gasteiger partial charge in [0.1, 0.15) is 5.52 Å². The van der Waals surface area contributed by atoms with Gasteiger partial charge in [-0.25, -0.2) is 4.98 Å². The van der Waals surface area contributed by atoms with Gasteiger partial charge in [-0.05, 0) is 36.4 Å². The average molecular weight is 428 g/mol. The molecule has 0 fully saturated rings. The number of rotatable bonds is 4. The van der Waals surface area contributed by atoms with E-state index in [4.69, 9.17) is 27.6 Å². The lowest BCUT2D eigenvalue weighted by Gasteiger charge is -2.03. The minimum Gasteiger partial charge on any atom is -0.502 e. The van der Waals surface area contributed by atoms with Gasteiger partial charge in [0.15, 0.2) is 5.58 Å². The predicted octanol–water partition coefficient (Wildman–Crippen LogP) is 6.17. The molecule has 0 aliphatic carbocycles. The first-order valence-corrected chi connectivity index (χ1v) is 9.04. The first-order chi connectivity index (χ1) is 13.9. The van der Waals surface area contributed by atoms with Crippen molar-refractivity contribution in [2.45, 2.75) is 0 Å². The zero-order valence-corrected chi connectivity index (χ0v) is 16.1. The second-order valence-corrected chi connectivity index (χ2v) is 6.87.